The number of hydrogen-bond acceptors (Lipinski definition) is 4. The molecular formula is C10H14N4O3. The number of aryl methyl sites for hydroxylation is 1. The van der Waals surface area contributed by atoms with Gasteiger partial charge in [-0.3, -0.25) is 9.48 Å². The number of hydrogen-bond donors (Lipinski definition) is 2. The zero-order valence-corrected chi connectivity index (χ0v) is 9.24. The molecule has 1 aliphatic rings. The normalized spacial score (nSPS) is 16.5. The third kappa shape index (κ3) is 3.27. The molecule has 7 nitrogen and oxygen atoms in total. The summed E-state index contributed by atoms with van der Waals surface area (Å²) >= 11 is 0. The van der Waals surface area contributed by atoms with Gasteiger partial charge in [-0.25, -0.2) is 9.78 Å². The van der Waals surface area contributed by atoms with E-state index in [2.05, 4.69) is 15.4 Å². The molecule has 92 valence electrons. The van der Waals surface area contributed by atoms with Crippen molar-refractivity contribution in [3.05, 3.63) is 12.7 Å². The summed E-state index contributed by atoms with van der Waals surface area (Å²) in [6.07, 6.45) is 4.87. The maximum atomic E-state index is 11.5. The van der Waals surface area contributed by atoms with Crippen LogP contribution >= 0.6 is 0 Å². The minimum absolute atomic E-state index is 0.0998. The van der Waals surface area contributed by atoms with Crippen LogP contribution in [0.1, 0.15) is 19.3 Å². The monoisotopic (exact) mass is 238 g/mol. The quantitative estimate of drug-likeness (QED) is 0.705. The van der Waals surface area contributed by atoms with E-state index in [1.807, 2.05) is 0 Å². The van der Waals surface area contributed by atoms with Crippen LogP contribution in [0.25, 0.3) is 0 Å². The van der Waals surface area contributed by atoms with Crippen molar-refractivity contribution in [3.63, 3.8) is 0 Å². The highest BCUT2D eigenvalue weighted by atomic mass is 16.4. The van der Waals surface area contributed by atoms with Crippen molar-refractivity contribution < 1.29 is 14.7 Å². The lowest BCUT2D eigenvalue weighted by molar-refractivity contribution is -0.142. The number of nitrogens with zero attached hydrogens (tertiary/aromatic N) is 3. The van der Waals surface area contributed by atoms with Gasteiger partial charge in [-0.2, -0.15) is 5.10 Å². The molecule has 1 aliphatic carbocycles. The van der Waals surface area contributed by atoms with E-state index in [4.69, 9.17) is 5.11 Å². The van der Waals surface area contributed by atoms with Crippen LogP contribution in [0.5, 0.6) is 0 Å². The number of rotatable bonds is 6. The zero-order chi connectivity index (χ0) is 12.3. The molecule has 7 heteroatoms. The second-order valence-electron chi connectivity index (χ2n) is 4.13. The standard InChI is InChI=1S/C10H14N4O3/c15-8(3-4-14-6-11-5-12-14)13-9(10(16)17)7-1-2-7/h5-7,9H,1-4H2,(H,13,15)(H,16,17). The van der Waals surface area contributed by atoms with Gasteiger partial charge >= 0.3 is 5.97 Å². The van der Waals surface area contributed by atoms with E-state index in [1.54, 1.807) is 0 Å². The molecule has 1 amide bonds. The number of nitrogens with one attached hydrogen (secondary N) is 1. The number of carbonyl (C=O) groups is 2. The number of carboxylic acid groups (broad SMARTS) is 1. The Bertz CT molecular complexity index is 400. The summed E-state index contributed by atoms with van der Waals surface area (Å²) in [6.45, 7) is 0.406. The van der Waals surface area contributed by atoms with E-state index in [0.29, 0.717) is 6.54 Å². The summed E-state index contributed by atoms with van der Waals surface area (Å²) < 4.78 is 1.53. The fraction of sp³-hybridized carbons (Fsp3) is 0.600. The molecule has 2 rings (SSSR count). The first-order valence-corrected chi connectivity index (χ1v) is 5.51. The third-order valence-electron chi connectivity index (χ3n) is 2.71. The van der Waals surface area contributed by atoms with E-state index in [-0.39, 0.29) is 18.2 Å². The van der Waals surface area contributed by atoms with Gasteiger partial charge in [-0.05, 0) is 18.8 Å². The molecule has 1 unspecified atom stereocenters. The van der Waals surface area contributed by atoms with Crippen molar-refractivity contribution in [2.45, 2.75) is 31.8 Å². The number of aliphatic carboxylic acids is 1. The third-order valence-corrected chi connectivity index (χ3v) is 2.71. The van der Waals surface area contributed by atoms with Gasteiger partial charge in [0.2, 0.25) is 5.91 Å². The Morgan fingerprint density at radius 3 is 2.82 bits per heavy atom. The number of aromatic nitrogens is 3. The lowest BCUT2D eigenvalue weighted by Crippen LogP contribution is -2.42. The van der Waals surface area contributed by atoms with Gasteiger partial charge in [0, 0.05) is 6.42 Å². The lowest BCUT2D eigenvalue weighted by Gasteiger charge is -2.13. The topological polar surface area (TPSA) is 97.1 Å². The van der Waals surface area contributed by atoms with Crippen molar-refractivity contribution >= 4 is 11.9 Å². The highest BCUT2D eigenvalue weighted by Gasteiger charge is 2.37. The molecule has 1 aromatic rings. The van der Waals surface area contributed by atoms with Crippen LogP contribution in [0.3, 0.4) is 0 Å². The summed E-state index contributed by atoms with van der Waals surface area (Å²) in [4.78, 5) is 26.2. The summed E-state index contributed by atoms with van der Waals surface area (Å²) in [7, 11) is 0. The molecule has 0 saturated heterocycles. The Balaban J connectivity index is 1.77. The molecule has 1 heterocycles. The summed E-state index contributed by atoms with van der Waals surface area (Å²) in [5.41, 5.74) is 0. The van der Waals surface area contributed by atoms with Gasteiger partial charge in [0.05, 0.1) is 6.54 Å². The Morgan fingerprint density at radius 1 is 1.53 bits per heavy atom. The predicted octanol–water partition coefficient (Wildman–Crippen LogP) is -0.352. The lowest BCUT2D eigenvalue weighted by atomic mass is 10.2. The fourth-order valence-corrected chi connectivity index (χ4v) is 1.62. The van der Waals surface area contributed by atoms with E-state index in [0.717, 1.165) is 12.8 Å². The molecule has 1 aromatic heterocycles. The van der Waals surface area contributed by atoms with Crippen LogP contribution in [-0.4, -0.2) is 37.8 Å². The SMILES string of the molecule is O=C(CCn1cncn1)NC(C(=O)O)C1CC1. The fourth-order valence-electron chi connectivity index (χ4n) is 1.62. The Labute approximate surface area is 97.8 Å². The molecule has 1 fully saturated rings. The second-order valence-corrected chi connectivity index (χ2v) is 4.13. The zero-order valence-electron chi connectivity index (χ0n) is 9.24. The molecule has 17 heavy (non-hydrogen) atoms. The van der Waals surface area contributed by atoms with E-state index < -0.39 is 12.0 Å². The van der Waals surface area contributed by atoms with Crippen molar-refractivity contribution in [2.24, 2.45) is 5.92 Å². The average Bonchev–Trinajstić information content (AvgIpc) is 2.99. The Morgan fingerprint density at radius 2 is 2.29 bits per heavy atom. The van der Waals surface area contributed by atoms with E-state index in [9.17, 15) is 9.59 Å². The average molecular weight is 238 g/mol. The summed E-state index contributed by atoms with van der Waals surface area (Å²) in [5.74, 6) is -1.12. The minimum Gasteiger partial charge on any atom is -0.480 e. The molecule has 0 radical (unpaired) electrons. The van der Waals surface area contributed by atoms with Crippen LogP contribution < -0.4 is 5.32 Å². The first-order chi connectivity index (χ1) is 8.16. The van der Waals surface area contributed by atoms with E-state index in [1.165, 1.54) is 17.3 Å². The molecule has 0 aliphatic heterocycles. The maximum Gasteiger partial charge on any atom is 0.326 e. The van der Waals surface area contributed by atoms with Gasteiger partial charge in [0.1, 0.15) is 18.7 Å². The summed E-state index contributed by atoms with van der Waals surface area (Å²) in [5, 5.41) is 15.3. The molecule has 0 bridgehead atoms. The molecule has 1 atom stereocenters. The van der Waals surface area contributed by atoms with Gasteiger partial charge in [-0.1, -0.05) is 0 Å². The molecule has 1 saturated carbocycles. The number of amides is 1. The predicted molar refractivity (Wildman–Crippen MR) is 56.9 cm³/mol. The van der Waals surface area contributed by atoms with Crippen molar-refractivity contribution in [2.75, 3.05) is 0 Å². The molecular weight excluding hydrogens is 224 g/mol. The Hall–Kier alpha value is -1.92. The number of carbonyl (C=O) groups excluding carboxylic acids is 1. The second kappa shape index (κ2) is 4.94. The Kier molecular flexibility index (Phi) is 3.36. The van der Waals surface area contributed by atoms with Crippen molar-refractivity contribution in [1.29, 1.82) is 0 Å². The van der Waals surface area contributed by atoms with Crippen LogP contribution in [-0.2, 0) is 16.1 Å². The van der Waals surface area contributed by atoms with Crippen LogP contribution in [0.4, 0.5) is 0 Å². The smallest absolute Gasteiger partial charge is 0.326 e. The van der Waals surface area contributed by atoms with E-state index >= 15 is 0 Å². The molecule has 0 aromatic carbocycles. The van der Waals surface area contributed by atoms with Crippen molar-refractivity contribution in [1.82, 2.24) is 20.1 Å². The summed E-state index contributed by atoms with van der Waals surface area (Å²) in [6, 6.07) is -0.738. The highest BCUT2D eigenvalue weighted by Crippen LogP contribution is 2.32. The first kappa shape index (κ1) is 11.6. The van der Waals surface area contributed by atoms with Crippen LogP contribution in [0.2, 0.25) is 0 Å². The van der Waals surface area contributed by atoms with Gasteiger partial charge in [-0.15, -0.1) is 0 Å². The highest BCUT2D eigenvalue weighted by molar-refractivity contribution is 5.83. The van der Waals surface area contributed by atoms with Crippen LogP contribution in [0, 0.1) is 5.92 Å². The molecule has 2 N–H and O–H groups in total. The maximum absolute atomic E-state index is 11.5. The van der Waals surface area contributed by atoms with Gasteiger partial charge in [0.25, 0.3) is 0 Å². The minimum atomic E-state index is -0.957. The van der Waals surface area contributed by atoms with Crippen LogP contribution in [0.15, 0.2) is 12.7 Å². The van der Waals surface area contributed by atoms with Gasteiger partial charge < -0.3 is 10.4 Å². The van der Waals surface area contributed by atoms with Crippen molar-refractivity contribution in [3.8, 4) is 0 Å². The number of carboxylic acids is 1. The molecule has 0 spiro atoms. The first-order valence-electron chi connectivity index (χ1n) is 5.51. The largest absolute Gasteiger partial charge is 0.480 e. The van der Waals surface area contributed by atoms with Gasteiger partial charge in [0.15, 0.2) is 0 Å².